The van der Waals surface area contributed by atoms with Gasteiger partial charge in [-0.25, -0.2) is 0 Å². The fraction of sp³-hybridized carbons (Fsp3) is 0.0625. The van der Waals surface area contributed by atoms with E-state index in [0.717, 1.165) is 27.6 Å². The summed E-state index contributed by atoms with van der Waals surface area (Å²) in [5.74, 6) is 0. The van der Waals surface area contributed by atoms with E-state index in [2.05, 4.69) is 249 Å². The van der Waals surface area contributed by atoms with Crippen LogP contribution in [-0.2, 0) is 5.41 Å². The van der Waals surface area contributed by atoms with Crippen LogP contribution in [-0.4, -0.2) is 14.9 Å². The van der Waals surface area contributed by atoms with Crippen molar-refractivity contribution in [2.45, 2.75) is 26.2 Å². The van der Waals surface area contributed by atoms with Gasteiger partial charge in [0.2, 0.25) is 0 Å². The zero-order valence-electron chi connectivity index (χ0n) is 39.1. The summed E-state index contributed by atoms with van der Waals surface area (Å²) in [5, 5.41) is 10.4. The molecule has 0 saturated carbocycles. The molecule has 0 saturated heterocycles. The first-order valence-electron chi connectivity index (χ1n) is 24.5. The monoisotopic (exact) mass is 928 g/mol. The molecule has 0 unspecified atom stereocenters. The van der Waals surface area contributed by atoms with Crippen LogP contribution in [0.5, 0.6) is 0 Å². The summed E-state index contributed by atoms with van der Waals surface area (Å²) in [4.78, 5) is 5.42. The van der Waals surface area contributed by atoms with Crippen molar-refractivity contribution >= 4 is 128 Å². The zero-order chi connectivity index (χ0) is 46.5. The number of anilines is 5. The van der Waals surface area contributed by atoms with E-state index in [-0.39, 0.29) is 12.3 Å². The SMILES string of the molecule is CC(C)(C)c1ccc(N2c3cc4c(sc5ccccc54)c4c3B(c3ccc5oc6ccccc6c5c32)N2c3ccccc3[Si](c3ccccc3)(c3ccccc3)c3cccc-4c32)c(-c2ccccc2)c1. The van der Waals surface area contributed by atoms with Gasteiger partial charge in [-0.2, -0.15) is 0 Å². The van der Waals surface area contributed by atoms with Gasteiger partial charge in [0.25, 0.3) is 0 Å². The van der Waals surface area contributed by atoms with Gasteiger partial charge < -0.3 is 14.1 Å². The van der Waals surface area contributed by atoms with Crippen molar-refractivity contribution in [3.05, 3.63) is 224 Å². The maximum atomic E-state index is 6.88. The molecule has 0 radical (unpaired) electrons. The first-order chi connectivity index (χ1) is 34.4. The van der Waals surface area contributed by atoms with E-state index < -0.39 is 8.07 Å². The molecule has 0 aliphatic carbocycles. The van der Waals surface area contributed by atoms with Gasteiger partial charge in [0.15, 0.2) is 8.07 Å². The second-order valence-corrected chi connectivity index (χ2v) is 25.1. The van der Waals surface area contributed by atoms with Crippen LogP contribution >= 0.6 is 11.3 Å². The number of rotatable bonds is 4. The summed E-state index contributed by atoms with van der Waals surface area (Å²) < 4.78 is 9.52. The molecule has 12 aromatic rings. The predicted octanol–water partition coefficient (Wildman–Crippen LogP) is 13.3. The molecule has 70 heavy (non-hydrogen) atoms. The Balaban J connectivity index is 1.16. The molecule has 15 rings (SSSR count). The Morgan fingerprint density at radius 2 is 1.17 bits per heavy atom. The van der Waals surface area contributed by atoms with Gasteiger partial charge in [0.05, 0.1) is 16.8 Å². The van der Waals surface area contributed by atoms with E-state index in [0.29, 0.717) is 0 Å². The average molecular weight is 929 g/mol. The molecule has 3 aliphatic rings. The lowest BCUT2D eigenvalue weighted by Gasteiger charge is -2.52. The lowest BCUT2D eigenvalue weighted by atomic mass is 9.43. The number of para-hydroxylation sites is 3. The molecule has 0 N–H and O–H groups in total. The van der Waals surface area contributed by atoms with Gasteiger partial charge in [-0.3, -0.25) is 0 Å². The van der Waals surface area contributed by atoms with E-state index in [1.54, 1.807) is 0 Å². The normalized spacial score (nSPS) is 14.2. The Morgan fingerprint density at radius 1 is 0.500 bits per heavy atom. The van der Waals surface area contributed by atoms with Crippen molar-refractivity contribution in [1.29, 1.82) is 0 Å². The third-order valence-corrected chi connectivity index (χ3v) is 21.7. The Kier molecular flexibility index (Phi) is 8.33. The minimum Gasteiger partial charge on any atom is -0.456 e. The quantitative estimate of drug-likeness (QED) is 0.164. The predicted molar refractivity (Wildman–Crippen MR) is 302 cm³/mol. The molecule has 0 atom stereocenters. The smallest absolute Gasteiger partial charge is 0.333 e. The highest BCUT2D eigenvalue weighted by Gasteiger charge is 2.55. The number of nitrogens with zero attached hydrogens (tertiary/aromatic N) is 2. The highest BCUT2D eigenvalue weighted by Crippen LogP contribution is 2.55. The number of hydrogen-bond acceptors (Lipinski definition) is 4. The van der Waals surface area contributed by atoms with Gasteiger partial charge in [-0.1, -0.05) is 197 Å². The summed E-state index contributed by atoms with van der Waals surface area (Å²) in [6, 6.07) is 82.7. The fourth-order valence-corrected chi connectivity index (χ4v) is 19.1. The van der Waals surface area contributed by atoms with E-state index in [4.69, 9.17) is 4.42 Å². The molecule has 3 nitrogen and oxygen atoms in total. The van der Waals surface area contributed by atoms with Crippen LogP contribution in [0.2, 0.25) is 0 Å². The van der Waals surface area contributed by atoms with Crippen molar-refractivity contribution in [3.63, 3.8) is 0 Å². The van der Waals surface area contributed by atoms with Crippen LogP contribution in [0.4, 0.5) is 28.4 Å². The van der Waals surface area contributed by atoms with E-state index >= 15 is 0 Å². The van der Waals surface area contributed by atoms with Gasteiger partial charge in [-0.05, 0) is 90.7 Å². The average Bonchev–Trinajstić information content (AvgIpc) is 3.98. The largest absolute Gasteiger partial charge is 0.456 e. The first-order valence-corrected chi connectivity index (χ1v) is 27.3. The van der Waals surface area contributed by atoms with Crippen LogP contribution in [0.25, 0.3) is 64.4 Å². The van der Waals surface area contributed by atoms with Crippen molar-refractivity contribution < 1.29 is 4.42 Å². The molecule has 6 heteroatoms. The Bertz CT molecular complexity index is 4100. The van der Waals surface area contributed by atoms with Crippen LogP contribution in [0.15, 0.2) is 223 Å². The third-order valence-electron chi connectivity index (χ3n) is 15.6. The number of furan rings is 1. The molecular weight excluding hydrogens is 884 g/mol. The topological polar surface area (TPSA) is 19.6 Å². The summed E-state index contributed by atoms with van der Waals surface area (Å²) in [7, 11) is -2.95. The van der Waals surface area contributed by atoms with Gasteiger partial charge in [0, 0.05) is 59.3 Å². The van der Waals surface area contributed by atoms with E-state index in [1.165, 1.54) is 102 Å². The summed E-state index contributed by atoms with van der Waals surface area (Å²) >= 11 is 1.94. The third kappa shape index (κ3) is 5.30. The minimum atomic E-state index is -2.95. The lowest BCUT2D eigenvalue weighted by Crippen LogP contribution is -2.79. The molecule has 10 aromatic carbocycles. The molecule has 0 spiro atoms. The molecule has 0 bridgehead atoms. The highest BCUT2D eigenvalue weighted by molar-refractivity contribution is 7.27. The van der Waals surface area contributed by atoms with Gasteiger partial charge >= 0.3 is 6.85 Å². The number of hydrogen-bond donors (Lipinski definition) is 0. The summed E-state index contributed by atoms with van der Waals surface area (Å²) in [6.07, 6.45) is 0. The van der Waals surface area contributed by atoms with Crippen molar-refractivity contribution in [2.24, 2.45) is 0 Å². The standard InChI is InChI=1S/C64H45BN2OSSi/c1-64(2,3)41-34-36-50(47(38-41)40-20-7-4-8-21-40)66-52-39-48-44-26-14-17-31-55(44)69-63(48)59-46-28-19-33-57-61(46)67(65(60(52)59)49-35-37-54-58(62(49)66)45-27-13-16-30-53(45)68-54)51-29-15-18-32-56(51)70(57,42-22-9-5-10-23-42)43-24-11-6-12-25-43/h4-39H,1-3H3. The second kappa shape index (κ2) is 14.6. The Hall–Kier alpha value is -7.90. The Morgan fingerprint density at radius 3 is 1.94 bits per heavy atom. The molecule has 2 aromatic heterocycles. The second-order valence-electron chi connectivity index (χ2n) is 20.3. The molecular formula is C64H45BN2OSSi. The minimum absolute atomic E-state index is 0.0598. The van der Waals surface area contributed by atoms with Crippen molar-refractivity contribution in [1.82, 2.24) is 0 Å². The summed E-state index contributed by atoms with van der Waals surface area (Å²) in [6.45, 7) is 6.78. The van der Waals surface area contributed by atoms with Crippen molar-refractivity contribution in [3.8, 4) is 22.3 Å². The molecule has 5 heterocycles. The fourth-order valence-electron chi connectivity index (χ4n) is 12.7. The van der Waals surface area contributed by atoms with Crippen LogP contribution < -0.4 is 41.4 Å². The van der Waals surface area contributed by atoms with E-state index in [1.807, 2.05) is 11.3 Å². The van der Waals surface area contributed by atoms with Gasteiger partial charge in [-0.15, -0.1) is 11.3 Å². The van der Waals surface area contributed by atoms with Gasteiger partial charge in [0.1, 0.15) is 11.2 Å². The lowest BCUT2D eigenvalue weighted by molar-refractivity contribution is 0.590. The Labute approximate surface area is 412 Å². The number of fused-ring (bicyclic) bond motifs is 14. The summed E-state index contributed by atoms with van der Waals surface area (Å²) in [5.41, 5.74) is 16.8. The number of benzene rings is 10. The maximum absolute atomic E-state index is 6.88. The highest BCUT2D eigenvalue weighted by atomic mass is 32.1. The maximum Gasteiger partial charge on any atom is 0.333 e. The van der Waals surface area contributed by atoms with Crippen molar-refractivity contribution in [2.75, 3.05) is 9.71 Å². The molecule has 0 amide bonds. The zero-order valence-corrected chi connectivity index (χ0v) is 40.9. The van der Waals surface area contributed by atoms with Crippen LogP contribution in [0.1, 0.15) is 26.3 Å². The molecule has 0 fully saturated rings. The van der Waals surface area contributed by atoms with E-state index in [9.17, 15) is 0 Å². The molecule has 330 valence electrons. The first kappa shape index (κ1) is 40.0. The van der Waals surface area contributed by atoms with Crippen LogP contribution in [0, 0.1) is 0 Å². The van der Waals surface area contributed by atoms with Crippen LogP contribution in [0.3, 0.4) is 0 Å². The number of thiophene rings is 1. The molecule has 3 aliphatic heterocycles.